The molecule has 0 unspecified atom stereocenters. The molecule has 1 aromatic rings. The number of hydrogen-bond donors (Lipinski definition) is 2. The van der Waals surface area contributed by atoms with E-state index in [9.17, 15) is 4.79 Å². The van der Waals surface area contributed by atoms with Gasteiger partial charge in [-0.2, -0.15) is 5.26 Å². The molecule has 0 saturated carbocycles. The Balaban J connectivity index is 2.45. The fraction of sp³-hybridized carbons (Fsp3) is 0.111. The minimum Gasteiger partial charge on any atom is -0.497 e. The summed E-state index contributed by atoms with van der Waals surface area (Å²) in [7, 11) is 1.58. The molecule has 0 saturated heterocycles. The van der Waals surface area contributed by atoms with Crippen LogP contribution in [0, 0.1) is 11.5 Å². The molecule has 78 valence electrons. The Morgan fingerprint density at radius 3 is 2.67 bits per heavy atom. The number of nitrogens with one attached hydrogen (secondary N) is 2. The molecule has 6 heteroatoms. The quantitative estimate of drug-likeness (QED) is 0.462. The van der Waals surface area contributed by atoms with Gasteiger partial charge in [0.1, 0.15) is 5.75 Å². The molecule has 0 atom stereocenters. The summed E-state index contributed by atoms with van der Waals surface area (Å²) in [5.41, 5.74) is 0. The van der Waals surface area contributed by atoms with Crippen molar-refractivity contribution in [3.05, 3.63) is 24.3 Å². The second-order valence-electron chi connectivity index (χ2n) is 2.45. The summed E-state index contributed by atoms with van der Waals surface area (Å²) in [4.78, 5) is 11.7. The lowest BCUT2D eigenvalue weighted by Crippen LogP contribution is -2.26. The molecule has 1 rings (SSSR count). The fourth-order valence-corrected chi connectivity index (χ4v) is 1.36. The summed E-state index contributed by atoms with van der Waals surface area (Å²) in [6.07, 6.45) is 1.53. The van der Waals surface area contributed by atoms with E-state index >= 15 is 0 Å². The van der Waals surface area contributed by atoms with Crippen molar-refractivity contribution in [2.24, 2.45) is 0 Å². The van der Waals surface area contributed by atoms with Gasteiger partial charge in [0, 0.05) is 4.90 Å². The number of urea groups is 1. The third-order valence-corrected chi connectivity index (χ3v) is 2.29. The molecule has 0 aliphatic carbocycles. The lowest BCUT2D eigenvalue weighted by atomic mass is 10.3. The first-order valence-corrected chi connectivity index (χ1v) is 4.84. The van der Waals surface area contributed by atoms with Crippen LogP contribution in [0.5, 0.6) is 5.75 Å². The van der Waals surface area contributed by atoms with E-state index in [0.717, 1.165) is 22.6 Å². The fourth-order valence-electron chi connectivity index (χ4n) is 0.825. The summed E-state index contributed by atoms with van der Waals surface area (Å²) < 4.78 is 7.42. The van der Waals surface area contributed by atoms with E-state index in [2.05, 4.69) is 4.72 Å². The molecule has 5 nitrogen and oxygen atoms in total. The van der Waals surface area contributed by atoms with E-state index < -0.39 is 6.03 Å². The van der Waals surface area contributed by atoms with Crippen molar-refractivity contribution in [2.75, 3.05) is 7.11 Å². The average molecular weight is 223 g/mol. The van der Waals surface area contributed by atoms with Crippen LogP contribution in [-0.4, -0.2) is 13.1 Å². The highest BCUT2D eigenvalue weighted by molar-refractivity contribution is 7.98. The second kappa shape index (κ2) is 5.78. The van der Waals surface area contributed by atoms with E-state index in [0.29, 0.717) is 0 Å². The molecule has 0 heterocycles. The zero-order valence-corrected chi connectivity index (χ0v) is 8.80. The van der Waals surface area contributed by atoms with Crippen LogP contribution in [0.25, 0.3) is 0 Å². The van der Waals surface area contributed by atoms with Crippen LogP contribution in [0.15, 0.2) is 29.2 Å². The van der Waals surface area contributed by atoms with Crippen LogP contribution in [0.4, 0.5) is 4.79 Å². The Morgan fingerprint density at radius 1 is 1.47 bits per heavy atom. The van der Waals surface area contributed by atoms with E-state index in [4.69, 9.17) is 10.00 Å². The molecular formula is C9H9N3O2S. The van der Waals surface area contributed by atoms with Gasteiger partial charge in [0.2, 0.25) is 0 Å². The molecule has 0 aliphatic heterocycles. The molecule has 15 heavy (non-hydrogen) atoms. The Labute approximate surface area is 91.6 Å². The maximum absolute atomic E-state index is 10.8. The van der Waals surface area contributed by atoms with Crippen molar-refractivity contribution in [1.29, 1.82) is 5.26 Å². The number of carbonyl (C=O) groups is 1. The summed E-state index contributed by atoms with van der Waals surface area (Å²) in [6, 6.07) is 6.63. The number of amides is 2. The van der Waals surface area contributed by atoms with Gasteiger partial charge in [-0.25, -0.2) is 10.1 Å². The van der Waals surface area contributed by atoms with Crippen LogP contribution < -0.4 is 14.8 Å². The molecular weight excluding hydrogens is 214 g/mol. The van der Waals surface area contributed by atoms with E-state index in [-0.39, 0.29) is 0 Å². The van der Waals surface area contributed by atoms with E-state index in [1.165, 1.54) is 6.19 Å². The minimum atomic E-state index is -0.543. The smallest absolute Gasteiger partial charge is 0.338 e. The van der Waals surface area contributed by atoms with E-state index in [1.807, 2.05) is 5.32 Å². The van der Waals surface area contributed by atoms with Crippen molar-refractivity contribution in [2.45, 2.75) is 4.90 Å². The Morgan fingerprint density at radius 2 is 2.13 bits per heavy atom. The average Bonchev–Trinajstić information content (AvgIpc) is 2.27. The Hall–Kier alpha value is -1.87. The molecule has 0 aromatic heterocycles. The minimum absolute atomic E-state index is 0.543. The molecule has 0 bridgehead atoms. The monoisotopic (exact) mass is 223 g/mol. The SMILES string of the molecule is COc1ccc(SNC(=O)NC#N)cc1. The molecule has 2 N–H and O–H groups in total. The highest BCUT2D eigenvalue weighted by atomic mass is 32.2. The van der Waals surface area contributed by atoms with Gasteiger partial charge in [-0.1, -0.05) is 0 Å². The maximum atomic E-state index is 10.8. The zero-order valence-electron chi connectivity index (χ0n) is 7.98. The maximum Gasteiger partial charge on any atom is 0.338 e. The van der Waals surface area contributed by atoms with Gasteiger partial charge in [-0.3, -0.25) is 4.72 Å². The highest BCUT2D eigenvalue weighted by Crippen LogP contribution is 2.18. The van der Waals surface area contributed by atoms with Crippen molar-refractivity contribution >= 4 is 18.0 Å². The number of methoxy groups -OCH3 is 1. The Bertz CT molecular complexity index is 372. The lowest BCUT2D eigenvalue weighted by molar-refractivity contribution is 0.250. The molecule has 0 fully saturated rings. The molecule has 0 spiro atoms. The van der Waals surface area contributed by atoms with Gasteiger partial charge in [-0.15, -0.1) is 0 Å². The highest BCUT2D eigenvalue weighted by Gasteiger charge is 1.99. The molecule has 0 radical (unpaired) electrons. The second-order valence-corrected chi connectivity index (χ2v) is 3.33. The number of nitrogens with zero attached hydrogens (tertiary/aromatic N) is 1. The largest absolute Gasteiger partial charge is 0.497 e. The van der Waals surface area contributed by atoms with Crippen molar-refractivity contribution in [3.63, 3.8) is 0 Å². The third kappa shape index (κ3) is 3.79. The van der Waals surface area contributed by atoms with Gasteiger partial charge in [0.25, 0.3) is 0 Å². The summed E-state index contributed by atoms with van der Waals surface area (Å²) in [5, 5.41) is 10.1. The number of rotatable bonds is 3. The lowest BCUT2D eigenvalue weighted by Gasteiger charge is -2.03. The number of ether oxygens (including phenoxy) is 1. The van der Waals surface area contributed by atoms with Crippen LogP contribution in [0.2, 0.25) is 0 Å². The summed E-state index contributed by atoms with van der Waals surface area (Å²) in [6.45, 7) is 0. The predicted octanol–water partition coefficient (Wildman–Crippen LogP) is 1.48. The van der Waals surface area contributed by atoms with Gasteiger partial charge in [0.15, 0.2) is 6.19 Å². The molecule has 1 aromatic carbocycles. The number of nitriles is 1. The van der Waals surface area contributed by atoms with Crippen LogP contribution in [0.1, 0.15) is 0 Å². The summed E-state index contributed by atoms with van der Waals surface area (Å²) >= 11 is 1.12. The predicted molar refractivity (Wildman–Crippen MR) is 56.1 cm³/mol. The first kappa shape index (κ1) is 11.2. The van der Waals surface area contributed by atoms with Crippen molar-refractivity contribution < 1.29 is 9.53 Å². The van der Waals surface area contributed by atoms with Gasteiger partial charge >= 0.3 is 6.03 Å². The van der Waals surface area contributed by atoms with Gasteiger partial charge in [-0.05, 0) is 36.2 Å². The van der Waals surface area contributed by atoms with Gasteiger partial charge < -0.3 is 4.74 Å². The topological polar surface area (TPSA) is 74.2 Å². The van der Waals surface area contributed by atoms with Crippen LogP contribution >= 0.6 is 11.9 Å². The normalized spacial score (nSPS) is 8.80. The van der Waals surface area contributed by atoms with Crippen molar-refractivity contribution in [3.8, 4) is 11.9 Å². The van der Waals surface area contributed by atoms with Crippen LogP contribution in [0.3, 0.4) is 0 Å². The summed E-state index contributed by atoms with van der Waals surface area (Å²) in [5.74, 6) is 0.751. The molecule has 0 aliphatic rings. The standard InChI is InChI=1S/C9H9N3O2S/c1-14-7-2-4-8(5-3-7)15-12-9(13)11-6-10/h2-5H,1H3,(H2,11,12,13). The molecule has 2 amide bonds. The van der Waals surface area contributed by atoms with Crippen molar-refractivity contribution in [1.82, 2.24) is 10.0 Å². The van der Waals surface area contributed by atoms with Gasteiger partial charge in [0.05, 0.1) is 7.11 Å². The number of carbonyl (C=O) groups excluding carboxylic acids is 1. The Kier molecular flexibility index (Phi) is 4.31. The van der Waals surface area contributed by atoms with Crippen LogP contribution in [-0.2, 0) is 0 Å². The third-order valence-electron chi connectivity index (χ3n) is 1.49. The number of hydrogen-bond acceptors (Lipinski definition) is 4. The van der Waals surface area contributed by atoms with E-state index in [1.54, 1.807) is 31.4 Å². The number of benzene rings is 1. The first-order valence-electron chi connectivity index (χ1n) is 4.02. The first-order chi connectivity index (χ1) is 7.26. The zero-order chi connectivity index (χ0) is 11.1.